The number of carbonyl (C=O) groups excluding carboxylic acids is 1. The van der Waals surface area contributed by atoms with E-state index in [1.54, 1.807) is 6.07 Å². The highest BCUT2D eigenvalue weighted by Gasteiger charge is 2.09. The second-order valence-electron chi connectivity index (χ2n) is 1.99. The van der Waals surface area contributed by atoms with Crippen molar-refractivity contribution in [1.82, 2.24) is 0 Å². The van der Waals surface area contributed by atoms with Crippen molar-refractivity contribution in [2.75, 3.05) is 5.33 Å². The molecular weight excluding hydrogens is 196 g/mol. The summed E-state index contributed by atoms with van der Waals surface area (Å²) in [4.78, 5) is 11.0. The number of halogens is 1. The topological polar surface area (TPSA) is 30.2 Å². The van der Waals surface area contributed by atoms with Crippen LogP contribution in [0.25, 0.3) is 0 Å². The highest BCUT2D eigenvalue weighted by atomic mass is 79.9. The standard InChI is InChI=1S/C7H7BrO2/c1-5-2-3-10-7(5)6(9)4-8/h2-3H,4H2,1H3. The van der Waals surface area contributed by atoms with Crippen molar-refractivity contribution in [3.8, 4) is 0 Å². The van der Waals surface area contributed by atoms with Gasteiger partial charge in [0.25, 0.3) is 0 Å². The Morgan fingerprint density at radius 2 is 2.50 bits per heavy atom. The summed E-state index contributed by atoms with van der Waals surface area (Å²) in [6.07, 6.45) is 1.52. The van der Waals surface area contributed by atoms with Crippen molar-refractivity contribution in [3.63, 3.8) is 0 Å². The Labute approximate surface area is 67.3 Å². The normalized spacial score (nSPS) is 9.80. The number of hydrogen-bond acceptors (Lipinski definition) is 2. The molecule has 0 saturated carbocycles. The summed E-state index contributed by atoms with van der Waals surface area (Å²) in [6.45, 7) is 1.85. The molecule has 0 spiro atoms. The minimum atomic E-state index is -0.0116. The first-order chi connectivity index (χ1) is 4.75. The molecule has 10 heavy (non-hydrogen) atoms. The van der Waals surface area contributed by atoms with Gasteiger partial charge in [-0.2, -0.15) is 0 Å². The number of carbonyl (C=O) groups is 1. The minimum Gasteiger partial charge on any atom is -0.461 e. The molecule has 0 aliphatic rings. The van der Waals surface area contributed by atoms with E-state index in [0.29, 0.717) is 11.1 Å². The molecule has 0 N–H and O–H groups in total. The number of aryl methyl sites for hydroxylation is 1. The van der Waals surface area contributed by atoms with Crippen molar-refractivity contribution < 1.29 is 9.21 Å². The van der Waals surface area contributed by atoms with E-state index in [-0.39, 0.29) is 5.78 Å². The minimum absolute atomic E-state index is 0.0116. The summed E-state index contributed by atoms with van der Waals surface area (Å²) in [5, 5.41) is 0.321. The van der Waals surface area contributed by atoms with Gasteiger partial charge in [0.1, 0.15) is 0 Å². The average Bonchev–Trinajstić information content (AvgIpc) is 2.34. The Morgan fingerprint density at radius 3 is 2.90 bits per heavy atom. The number of alkyl halides is 1. The zero-order chi connectivity index (χ0) is 7.56. The van der Waals surface area contributed by atoms with Gasteiger partial charge in [-0.15, -0.1) is 0 Å². The fourth-order valence-corrected chi connectivity index (χ4v) is 0.974. The lowest BCUT2D eigenvalue weighted by molar-refractivity contribution is 0.0992. The molecule has 0 aliphatic carbocycles. The van der Waals surface area contributed by atoms with Gasteiger partial charge >= 0.3 is 0 Å². The third-order valence-electron chi connectivity index (χ3n) is 1.24. The number of Topliss-reactive ketones (excluding diaryl/α,β-unsaturated/α-hetero) is 1. The fraction of sp³-hybridized carbons (Fsp3) is 0.286. The van der Waals surface area contributed by atoms with Gasteiger partial charge in [0.05, 0.1) is 11.6 Å². The van der Waals surface area contributed by atoms with E-state index in [0.717, 1.165) is 5.56 Å². The van der Waals surface area contributed by atoms with E-state index in [2.05, 4.69) is 15.9 Å². The lowest BCUT2D eigenvalue weighted by Crippen LogP contribution is -1.98. The molecule has 0 amide bonds. The van der Waals surface area contributed by atoms with Gasteiger partial charge in [-0.25, -0.2) is 0 Å². The van der Waals surface area contributed by atoms with Gasteiger partial charge in [-0.3, -0.25) is 4.79 Å². The Balaban J connectivity index is 2.93. The molecule has 0 aliphatic heterocycles. The molecule has 1 aromatic rings. The van der Waals surface area contributed by atoms with Crippen LogP contribution in [0.1, 0.15) is 16.1 Å². The zero-order valence-corrected chi connectivity index (χ0v) is 7.14. The van der Waals surface area contributed by atoms with E-state index in [9.17, 15) is 4.79 Å². The molecule has 1 rings (SSSR count). The summed E-state index contributed by atoms with van der Waals surface area (Å²) in [6, 6.07) is 1.77. The third kappa shape index (κ3) is 1.29. The zero-order valence-electron chi connectivity index (χ0n) is 5.56. The molecule has 54 valence electrons. The van der Waals surface area contributed by atoms with Crippen LogP contribution in [0.2, 0.25) is 0 Å². The van der Waals surface area contributed by atoms with Gasteiger partial charge in [0.2, 0.25) is 5.78 Å². The summed E-state index contributed by atoms with van der Waals surface area (Å²) in [5.41, 5.74) is 0.893. The predicted molar refractivity (Wildman–Crippen MR) is 41.6 cm³/mol. The molecule has 0 unspecified atom stereocenters. The number of ketones is 1. The Morgan fingerprint density at radius 1 is 1.80 bits per heavy atom. The lowest BCUT2D eigenvalue weighted by atomic mass is 10.2. The monoisotopic (exact) mass is 202 g/mol. The average molecular weight is 203 g/mol. The number of furan rings is 1. The maximum absolute atomic E-state index is 11.0. The van der Waals surface area contributed by atoms with Gasteiger partial charge in [0.15, 0.2) is 5.76 Å². The van der Waals surface area contributed by atoms with Crippen molar-refractivity contribution in [3.05, 3.63) is 23.7 Å². The van der Waals surface area contributed by atoms with E-state index in [1.807, 2.05) is 6.92 Å². The largest absolute Gasteiger partial charge is 0.461 e. The molecule has 1 heterocycles. The van der Waals surface area contributed by atoms with Crippen molar-refractivity contribution in [2.45, 2.75) is 6.92 Å². The molecule has 0 radical (unpaired) electrons. The molecule has 2 nitrogen and oxygen atoms in total. The smallest absolute Gasteiger partial charge is 0.208 e. The van der Waals surface area contributed by atoms with Crippen LogP contribution in [0, 0.1) is 6.92 Å². The van der Waals surface area contributed by atoms with E-state index in [4.69, 9.17) is 4.42 Å². The molecule has 0 fully saturated rings. The van der Waals surface area contributed by atoms with Gasteiger partial charge in [0, 0.05) is 0 Å². The Hall–Kier alpha value is -0.570. The quantitative estimate of drug-likeness (QED) is 0.544. The third-order valence-corrected chi connectivity index (χ3v) is 1.75. The molecule has 1 aromatic heterocycles. The lowest BCUT2D eigenvalue weighted by Gasteiger charge is -1.90. The fourth-order valence-electron chi connectivity index (χ4n) is 0.719. The summed E-state index contributed by atoms with van der Waals surface area (Å²) in [5.74, 6) is 0.444. The summed E-state index contributed by atoms with van der Waals surface area (Å²) < 4.78 is 4.94. The SMILES string of the molecule is Cc1ccoc1C(=O)CBr. The molecule has 0 atom stereocenters. The van der Waals surface area contributed by atoms with Gasteiger partial charge < -0.3 is 4.42 Å². The maximum Gasteiger partial charge on any atom is 0.208 e. The van der Waals surface area contributed by atoms with E-state index in [1.165, 1.54) is 6.26 Å². The molecule has 0 aromatic carbocycles. The van der Waals surface area contributed by atoms with Crippen LogP contribution in [0.4, 0.5) is 0 Å². The van der Waals surface area contributed by atoms with Crippen LogP contribution in [-0.2, 0) is 0 Å². The Kier molecular flexibility index (Phi) is 2.27. The molecule has 0 bridgehead atoms. The van der Waals surface area contributed by atoms with Crippen LogP contribution >= 0.6 is 15.9 Å². The van der Waals surface area contributed by atoms with Crippen molar-refractivity contribution >= 4 is 21.7 Å². The van der Waals surface area contributed by atoms with Gasteiger partial charge in [-0.1, -0.05) is 15.9 Å². The first kappa shape index (κ1) is 7.54. The maximum atomic E-state index is 11.0. The second-order valence-corrected chi connectivity index (χ2v) is 2.55. The van der Waals surface area contributed by atoms with Crippen LogP contribution in [0.5, 0.6) is 0 Å². The van der Waals surface area contributed by atoms with E-state index >= 15 is 0 Å². The van der Waals surface area contributed by atoms with Crippen molar-refractivity contribution in [2.24, 2.45) is 0 Å². The van der Waals surface area contributed by atoms with Gasteiger partial charge in [-0.05, 0) is 18.6 Å². The van der Waals surface area contributed by atoms with Crippen LogP contribution in [0.3, 0.4) is 0 Å². The highest BCUT2D eigenvalue weighted by molar-refractivity contribution is 9.09. The van der Waals surface area contributed by atoms with Crippen LogP contribution in [0.15, 0.2) is 16.7 Å². The summed E-state index contributed by atoms with van der Waals surface area (Å²) in [7, 11) is 0. The summed E-state index contributed by atoms with van der Waals surface area (Å²) >= 11 is 3.06. The first-order valence-electron chi connectivity index (χ1n) is 2.89. The van der Waals surface area contributed by atoms with Crippen LogP contribution < -0.4 is 0 Å². The number of hydrogen-bond donors (Lipinski definition) is 0. The molecular formula is C7H7BrO2. The first-order valence-corrected chi connectivity index (χ1v) is 4.01. The van der Waals surface area contributed by atoms with E-state index < -0.39 is 0 Å². The molecule has 3 heteroatoms. The number of rotatable bonds is 2. The highest BCUT2D eigenvalue weighted by Crippen LogP contribution is 2.10. The molecule has 0 saturated heterocycles. The van der Waals surface area contributed by atoms with Crippen molar-refractivity contribution in [1.29, 1.82) is 0 Å². The Bertz CT molecular complexity index is 240. The predicted octanol–water partition coefficient (Wildman–Crippen LogP) is 2.17. The van der Waals surface area contributed by atoms with Crippen LogP contribution in [-0.4, -0.2) is 11.1 Å². The second kappa shape index (κ2) is 3.01.